The van der Waals surface area contributed by atoms with Gasteiger partial charge in [-0.2, -0.15) is 0 Å². The van der Waals surface area contributed by atoms with Gasteiger partial charge in [0.1, 0.15) is 5.60 Å². The lowest BCUT2D eigenvalue weighted by atomic mass is 9.98. The number of hydrogen-bond acceptors (Lipinski definition) is 3. The number of carbonyl (C=O) groups is 1. The molecule has 14 heavy (non-hydrogen) atoms. The van der Waals surface area contributed by atoms with Crippen LogP contribution in [0.3, 0.4) is 0 Å². The van der Waals surface area contributed by atoms with Crippen molar-refractivity contribution in [2.45, 2.75) is 39.2 Å². The second kappa shape index (κ2) is 5.56. The number of halogens is 1. The van der Waals surface area contributed by atoms with Crippen LogP contribution in [0.4, 0.5) is 0 Å². The molecule has 0 radical (unpaired) electrons. The molecular formula is C10H20ClNO2. The predicted octanol–water partition coefficient (Wildman–Crippen LogP) is 1.75. The first-order valence-corrected chi connectivity index (χ1v) is 4.92. The molecule has 0 aromatic rings. The van der Waals surface area contributed by atoms with E-state index in [0.29, 0.717) is 0 Å². The summed E-state index contributed by atoms with van der Waals surface area (Å²) < 4.78 is 5.31. The summed E-state index contributed by atoms with van der Waals surface area (Å²) in [6, 6.07) is 0. The van der Waals surface area contributed by atoms with Crippen LogP contribution in [0.5, 0.6) is 0 Å². The van der Waals surface area contributed by atoms with E-state index in [4.69, 9.17) is 4.74 Å². The summed E-state index contributed by atoms with van der Waals surface area (Å²) >= 11 is 0. The molecule has 1 aliphatic rings. The van der Waals surface area contributed by atoms with E-state index in [0.717, 1.165) is 25.9 Å². The normalized spacial score (nSPS) is 18.5. The Morgan fingerprint density at radius 1 is 1.29 bits per heavy atom. The molecule has 4 heteroatoms. The van der Waals surface area contributed by atoms with E-state index in [1.54, 1.807) is 0 Å². The van der Waals surface area contributed by atoms with Crippen LogP contribution >= 0.6 is 12.4 Å². The van der Waals surface area contributed by atoms with Crippen LogP contribution in [0.1, 0.15) is 33.6 Å². The molecule has 1 saturated heterocycles. The second-order valence-electron chi connectivity index (χ2n) is 4.56. The summed E-state index contributed by atoms with van der Waals surface area (Å²) in [7, 11) is 0. The summed E-state index contributed by atoms with van der Waals surface area (Å²) in [4.78, 5) is 11.6. The zero-order valence-electron chi connectivity index (χ0n) is 9.13. The van der Waals surface area contributed by atoms with Gasteiger partial charge in [0.05, 0.1) is 5.92 Å². The fraction of sp³-hybridized carbons (Fsp3) is 0.900. The van der Waals surface area contributed by atoms with Gasteiger partial charge < -0.3 is 10.1 Å². The Kier molecular flexibility index (Phi) is 5.45. The van der Waals surface area contributed by atoms with Crippen molar-refractivity contribution in [1.29, 1.82) is 0 Å². The average Bonchev–Trinajstić information content (AvgIpc) is 2.03. The molecule has 0 atom stereocenters. The molecule has 84 valence electrons. The highest BCUT2D eigenvalue weighted by atomic mass is 35.5. The first-order chi connectivity index (χ1) is 5.99. The smallest absolute Gasteiger partial charge is 0.309 e. The molecule has 0 aromatic heterocycles. The van der Waals surface area contributed by atoms with E-state index in [2.05, 4.69) is 5.32 Å². The maximum absolute atomic E-state index is 11.6. The minimum absolute atomic E-state index is 0. The van der Waals surface area contributed by atoms with Crippen LogP contribution in [0.2, 0.25) is 0 Å². The van der Waals surface area contributed by atoms with Gasteiger partial charge in [0, 0.05) is 0 Å². The fourth-order valence-corrected chi connectivity index (χ4v) is 1.44. The molecule has 1 N–H and O–H groups in total. The van der Waals surface area contributed by atoms with Gasteiger partial charge in [-0.15, -0.1) is 12.4 Å². The molecule has 0 bridgehead atoms. The molecule has 1 rings (SSSR count). The van der Waals surface area contributed by atoms with E-state index in [1.807, 2.05) is 20.8 Å². The second-order valence-corrected chi connectivity index (χ2v) is 4.56. The van der Waals surface area contributed by atoms with Crippen molar-refractivity contribution in [2.24, 2.45) is 5.92 Å². The monoisotopic (exact) mass is 221 g/mol. The Labute approximate surface area is 92.0 Å². The lowest BCUT2D eigenvalue weighted by Crippen LogP contribution is -2.35. The lowest BCUT2D eigenvalue weighted by Gasteiger charge is -2.26. The molecule has 0 amide bonds. The molecule has 0 aliphatic carbocycles. The summed E-state index contributed by atoms with van der Waals surface area (Å²) in [6.07, 6.45) is 1.82. The topological polar surface area (TPSA) is 38.3 Å². The van der Waals surface area contributed by atoms with E-state index in [9.17, 15) is 4.79 Å². The highest BCUT2D eigenvalue weighted by molar-refractivity contribution is 5.85. The third kappa shape index (κ3) is 4.82. The molecular weight excluding hydrogens is 202 g/mol. The standard InChI is InChI=1S/C10H19NO2.ClH/c1-10(2,3)13-9(12)8-4-6-11-7-5-8;/h8,11H,4-7H2,1-3H3;1H. The van der Waals surface area contributed by atoms with Crippen molar-refractivity contribution in [2.75, 3.05) is 13.1 Å². The molecule has 0 spiro atoms. The molecule has 0 unspecified atom stereocenters. The Morgan fingerprint density at radius 2 is 1.79 bits per heavy atom. The zero-order chi connectivity index (χ0) is 9.90. The van der Waals surface area contributed by atoms with Crippen molar-refractivity contribution >= 4 is 18.4 Å². The van der Waals surface area contributed by atoms with E-state index in [1.165, 1.54) is 0 Å². The highest BCUT2D eigenvalue weighted by Crippen LogP contribution is 2.17. The van der Waals surface area contributed by atoms with Gasteiger partial charge in [0.2, 0.25) is 0 Å². The van der Waals surface area contributed by atoms with Gasteiger partial charge in [0.25, 0.3) is 0 Å². The van der Waals surface area contributed by atoms with Crippen LogP contribution < -0.4 is 5.32 Å². The van der Waals surface area contributed by atoms with Crippen LogP contribution in [0.25, 0.3) is 0 Å². The van der Waals surface area contributed by atoms with E-state index < -0.39 is 0 Å². The molecule has 1 fully saturated rings. The SMILES string of the molecule is CC(C)(C)OC(=O)C1CCNCC1.Cl. The van der Waals surface area contributed by atoms with Crippen molar-refractivity contribution in [3.8, 4) is 0 Å². The van der Waals surface area contributed by atoms with Gasteiger partial charge >= 0.3 is 5.97 Å². The third-order valence-corrected chi connectivity index (χ3v) is 2.08. The Bertz CT molecular complexity index is 183. The maximum atomic E-state index is 11.6. The van der Waals surface area contributed by atoms with Crippen molar-refractivity contribution in [1.82, 2.24) is 5.32 Å². The van der Waals surface area contributed by atoms with Crippen LogP contribution in [-0.2, 0) is 9.53 Å². The molecule has 1 heterocycles. The zero-order valence-corrected chi connectivity index (χ0v) is 9.95. The molecule has 0 saturated carbocycles. The van der Waals surface area contributed by atoms with Crippen molar-refractivity contribution < 1.29 is 9.53 Å². The molecule has 1 aliphatic heterocycles. The number of esters is 1. The van der Waals surface area contributed by atoms with E-state index in [-0.39, 0.29) is 29.9 Å². The lowest BCUT2D eigenvalue weighted by molar-refractivity contribution is -0.160. The van der Waals surface area contributed by atoms with Gasteiger partial charge in [0.15, 0.2) is 0 Å². The number of piperidine rings is 1. The van der Waals surface area contributed by atoms with Crippen LogP contribution in [-0.4, -0.2) is 24.7 Å². The quantitative estimate of drug-likeness (QED) is 0.686. The van der Waals surface area contributed by atoms with E-state index >= 15 is 0 Å². The highest BCUT2D eigenvalue weighted by Gasteiger charge is 2.26. The number of rotatable bonds is 1. The Hall–Kier alpha value is -0.280. The summed E-state index contributed by atoms with van der Waals surface area (Å²) in [5.41, 5.74) is -0.345. The van der Waals surface area contributed by atoms with Crippen LogP contribution in [0, 0.1) is 5.92 Å². The molecule has 3 nitrogen and oxygen atoms in total. The molecule has 0 aromatic carbocycles. The number of nitrogens with one attached hydrogen (secondary N) is 1. The minimum atomic E-state index is -0.345. The van der Waals surface area contributed by atoms with Crippen LogP contribution in [0.15, 0.2) is 0 Å². The van der Waals surface area contributed by atoms with Crippen molar-refractivity contribution in [3.63, 3.8) is 0 Å². The first-order valence-electron chi connectivity index (χ1n) is 4.92. The van der Waals surface area contributed by atoms with Gasteiger partial charge in [-0.05, 0) is 46.7 Å². The number of hydrogen-bond donors (Lipinski definition) is 1. The van der Waals surface area contributed by atoms with Gasteiger partial charge in [-0.3, -0.25) is 4.79 Å². The number of ether oxygens (including phenoxy) is 1. The largest absolute Gasteiger partial charge is 0.460 e. The Morgan fingerprint density at radius 3 is 2.21 bits per heavy atom. The maximum Gasteiger partial charge on any atom is 0.309 e. The third-order valence-electron chi connectivity index (χ3n) is 2.08. The van der Waals surface area contributed by atoms with Gasteiger partial charge in [-0.1, -0.05) is 0 Å². The summed E-state index contributed by atoms with van der Waals surface area (Å²) in [5.74, 6) is 0.0782. The van der Waals surface area contributed by atoms with Gasteiger partial charge in [-0.25, -0.2) is 0 Å². The van der Waals surface area contributed by atoms with Crippen molar-refractivity contribution in [3.05, 3.63) is 0 Å². The summed E-state index contributed by atoms with van der Waals surface area (Å²) in [5, 5.41) is 3.22. The number of carbonyl (C=O) groups excluding carboxylic acids is 1. The fourth-order valence-electron chi connectivity index (χ4n) is 1.44. The summed E-state index contributed by atoms with van der Waals surface area (Å²) in [6.45, 7) is 7.59. The Balaban J connectivity index is 0.00000169. The first kappa shape index (κ1) is 13.7. The predicted molar refractivity (Wildman–Crippen MR) is 58.7 cm³/mol. The average molecular weight is 222 g/mol. The minimum Gasteiger partial charge on any atom is -0.460 e.